The third-order valence-corrected chi connectivity index (χ3v) is 6.69. The van der Waals surface area contributed by atoms with Crippen molar-refractivity contribution < 1.29 is 0 Å². The van der Waals surface area contributed by atoms with Crippen LogP contribution in [0.4, 0.5) is 5.69 Å². The number of hydrogen-bond donors (Lipinski definition) is 1. The topological polar surface area (TPSA) is 30.9 Å². The van der Waals surface area contributed by atoms with Gasteiger partial charge in [-0.3, -0.25) is 5.01 Å². The number of nitrogens with zero attached hydrogens (tertiary/aromatic N) is 3. The van der Waals surface area contributed by atoms with Crippen LogP contribution >= 0.6 is 39.7 Å². The van der Waals surface area contributed by atoms with Crippen LogP contribution in [-0.4, -0.2) is 28.8 Å². The van der Waals surface area contributed by atoms with E-state index in [0.717, 1.165) is 29.0 Å². The standard InChI is InChI=1S/C22H24BrClN4S/c1-15-20(22(29)26-27-13-5-2-6-14-27)25-28(19-8-4-3-7-18(19)24)21(15)16-9-11-17(23)12-10-16/h3-4,7-12,15,21H,2,5-6,13-14H2,1H3,(H,26,29). The van der Waals surface area contributed by atoms with Crippen molar-refractivity contribution in [2.75, 3.05) is 18.1 Å². The number of para-hydroxylation sites is 1. The van der Waals surface area contributed by atoms with Gasteiger partial charge in [0.25, 0.3) is 0 Å². The van der Waals surface area contributed by atoms with Crippen molar-refractivity contribution in [1.29, 1.82) is 0 Å². The van der Waals surface area contributed by atoms with Crippen LogP contribution in [0.1, 0.15) is 37.8 Å². The SMILES string of the molecule is CC1C(C(=S)NN2CCCCC2)=NN(c2ccccc2Cl)C1c1ccc(Br)cc1. The first kappa shape index (κ1) is 20.8. The van der Waals surface area contributed by atoms with Crippen molar-refractivity contribution in [3.8, 4) is 0 Å². The van der Waals surface area contributed by atoms with E-state index in [2.05, 4.69) is 57.6 Å². The molecule has 1 fully saturated rings. The summed E-state index contributed by atoms with van der Waals surface area (Å²) in [6, 6.07) is 16.3. The van der Waals surface area contributed by atoms with Crippen LogP contribution < -0.4 is 10.4 Å². The summed E-state index contributed by atoms with van der Waals surface area (Å²) in [6.07, 6.45) is 3.68. The lowest BCUT2D eigenvalue weighted by Crippen LogP contribution is -2.47. The fourth-order valence-corrected chi connectivity index (χ4v) is 4.86. The molecule has 0 radical (unpaired) electrons. The van der Waals surface area contributed by atoms with E-state index >= 15 is 0 Å². The fourth-order valence-electron chi connectivity index (χ4n) is 4.02. The van der Waals surface area contributed by atoms with Crippen LogP contribution in [0.2, 0.25) is 5.02 Å². The lowest BCUT2D eigenvalue weighted by Gasteiger charge is -2.29. The molecule has 0 saturated carbocycles. The van der Waals surface area contributed by atoms with Gasteiger partial charge in [-0.2, -0.15) is 5.10 Å². The molecule has 1 saturated heterocycles. The summed E-state index contributed by atoms with van der Waals surface area (Å²) in [5.41, 5.74) is 6.40. The molecule has 4 nitrogen and oxygen atoms in total. The lowest BCUT2D eigenvalue weighted by atomic mass is 9.91. The minimum Gasteiger partial charge on any atom is -0.308 e. The second-order valence-corrected chi connectivity index (χ2v) is 9.29. The highest BCUT2D eigenvalue weighted by Gasteiger charge is 2.38. The molecule has 1 N–H and O–H groups in total. The first-order chi connectivity index (χ1) is 14.0. The van der Waals surface area contributed by atoms with Crippen LogP contribution in [0.3, 0.4) is 0 Å². The highest BCUT2D eigenvalue weighted by atomic mass is 79.9. The van der Waals surface area contributed by atoms with Crippen LogP contribution in [-0.2, 0) is 0 Å². The molecule has 0 bridgehead atoms. The molecule has 2 unspecified atom stereocenters. The van der Waals surface area contributed by atoms with Crippen molar-refractivity contribution >= 4 is 56.1 Å². The summed E-state index contributed by atoms with van der Waals surface area (Å²) in [6.45, 7) is 4.23. The van der Waals surface area contributed by atoms with E-state index in [1.165, 1.54) is 24.8 Å². The molecule has 0 aromatic heterocycles. The van der Waals surface area contributed by atoms with E-state index in [9.17, 15) is 0 Å². The van der Waals surface area contributed by atoms with Gasteiger partial charge in [0.2, 0.25) is 0 Å². The molecular formula is C22H24BrClN4S. The Bertz CT molecular complexity index is 911. The lowest BCUT2D eigenvalue weighted by molar-refractivity contribution is 0.197. The van der Waals surface area contributed by atoms with E-state index in [1.54, 1.807) is 0 Å². The van der Waals surface area contributed by atoms with Crippen LogP contribution in [0.15, 0.2) is 58.1 Å². The average Bonchev–Trinajstić information content (AvgIpc) is 3.07. The third kappa shape index (κ3) is 4.50. The molecule has 152 valence electrons. The summed E-state index contributed by atoms with van der Waals surface area (Å²) in [4.78, 5) is 0.705. The van der Waals surface area contributed by atoms with Gasteiger partial charge in [0.1, 0.15) is 10.7 Å². The van der Waals surface area contributed by atoms with E-state index in [4.69, 9.17) is 28.9 Å². The van der Waals surface area contributed by atoms with Gasteiger partial charge in [0.15, 0.2) is 0 Å². The number of benzene rings is 2. The molecule has 0 amide bonds. The van der Waals surface area contributed by atoms with Gasteiger partial charge in [-0.25, -0.2) is 5.01 Å². The number of hydrazone groups is 1. The van der Waals surface area contributed by atoms with Crippen molar-refractivity contribution in [3.63, 3.8) is 0 Å². The van der Waals surface area contributed by atoms with E-state index in [-0.39, 0.29) is 12.0 Å². The zero-order chi connectivity index (χ0) is 20.4. The van der Waals surface area contributed by atoms with Gasteiger partial charge in [-0.15, -0.1) is 0 Å². The first-order valence-electron chi connectivity index (χ1n) is 9.98. The number of halogens is 2. The van der Waals surface area contributed by atoms with Crippen LogP contribution in [0.25, 0.3) is 0 Å². The van der Waals surface area contributed by atoms with Crippen molar-refractivity contribution in [2.24, 2.45) is 11.0 Å². The summed E-state index contributed by atoms with van der Waals surface area (Å²) >= 11 is 15.8. The molecule has 2 aliphatic rings. The predicted octanol–water partition coefficient (Wildman–Crippen LogP) is 5.97. The second-order valence-electron chi connectivity index (χ2n) is 7.55. The number of hydrazine groups is 1. The Hall–Kier alpha value is -1.47. The number of rotatable bonds is 4. The Morgan fingerprint density at radius 2 is 1.79 bits per heavy atom. The van der Waals surface area contributed by atoms with Gasteiger partial charge < -0.3 is 5.43 Å². The molecular weight excluding hydrogens is 468 g/mol. The molecule has 2 aromatic rings. The zero-order valence-corrected chi connectivity index (χ0v) is 19.5. The zero-order valence-electron chi connectivity index (χ0n) is 16.3. The highest BCUT2D eigenvalue weighted by molar-refractivity contribution is 9.10. The Labute approximate surface area is 191 Å². The van der Waals surface area contributed by atoms with E-state index < -0.39 is 0 Å². The first-order valence-corrected chi connectivity index (χ1v) is 11.6. The summed E-state index contributed by atoms with van der Waals surface area (Å²) in [7, 11) is 0. The van der Waals surface area contributed by atoms with Gasteiger partial charge in [0.05, 0.1) is 16.8 Å². The largest absolute Gasteiger partial charge is 0.308 e. The molecule has 2 aromatic carbocycles. The minimum atomic E-state index is 0.0269. The molecule has 2 atom stereocenters. The van der Waals surface area contributed by atoms with E-state index in [0.29, 0.717) is 10.0 Å². The fraction of sp³-hybridized carbons (Fsp3) is 0.364. The number of thiocarbonyl (C=S) groups is 1. The van der Waals surface area contributed by atoms with Gasteiger partial charge in [-0.05, 0) is 42.7 Å². The monoisotopic (exact) mass is 490 g/mol. The van der Waals surface area contributed by atoms with Crippen LogP contribution in [0.5, 0.6) is 0 Å². The Morgan fingerprint density at radius 3 is 2.48 bits per heavy atom. The number of nitrogens with one attached hydrogen (secondary N) is 1. The summed E-state index contributed by atoms with van der Waals surface area (Å²) in [5, 5.41) is 9.89. The Balaban J connectivity index is 1.66. The van der Waals surface area contributed by atoms with Gasteiger partial charge in [-0.1, -0.05) is 77.4 Å². The Kier molecular flexibility index (Phi) is 6.54. The number of piperidine rings is 1. The average molecular weight is 492 g/mol. The molecule has 4 rings (SSSR count). The number of hydrogen-bond acceptors (Lipinski definition) is 4. The second kappa shape index (κ2) is 9.13. The van der Waals surface area contributed by atoms with E-state index in [1.807, 2.05) is 29.3 Å². The van der Waals surface area contributed by atoms with Crippen molar-refractivity contribution in [3.05, 3.63) is 63.6 Å². The highest BCUT2D eigenvalue weighted by Crippen LogP contribution is 2.42. The molecule has 0 spiro atoms. The molecule has 0 aliphatic carbocycles. The van der Waals surface area contributed by atoms with Gasteiger partial charge in [0, 0.05) is 23.5 Å². The molecule has 2 heterocycles. The molecule has 7 heteroatoms. The normalized spacial score (nSPS) is 22.4. The molecule has 29 heavy (non-hydrogen) atoms. The maximum atomic E-state index is 6.54. The minimum absolute atomic E-state index is 0.0269. The summed E-state index contributed by atoms with van der Waals surface area (Å²) in [5.74, 6) is 0.122. The quantitative estimate of drug-likeness (QED) is 0.534. The third-order valence-electron chi connectivity index (χ3n) is 5.54. The van der Waals surface area contributed by atoms with Crippen molar-refractivity contribution in [2.45, 2.75) is 32.2 Å². The van der Waals surface area contributed by atoms with Gasteiger partial charge >= 0.3 is 0 Å². The number of anilines is 1. The van der Waals surface area contributed by atoms with Crippen molar-refractivity contribution in [1.82, 2.24) is 10.4 Å². The smallest absolute Gasteiger partial charge is 0.137 e. The molecule has 2 aliphatic heterocycles. The van der Waals surface area contributed by atoms with Crippen LogP contribution in [0, 0.1) is 5.92 Å². The maximum absolute atomic E-state index is 6.54. The Morgan fingerprint density at radius 1 is 1.10 bits per heavy atom. The summed E-state index contributed by atoms with van der Waals surface area (Å²) < 4.78 is 1.06. The predicted molar refractivity (Wildman–Crippen MR) is 129 cm³/mol. The maximum Gasteiger partial charge on any atom is 0.137 e.